The van der Waals surface area contributed by atoms with Crippen LogP contribution in [0.4, 0.5) is 0 Å². The minimum Gasteiger partial charge on any atom is -0.494 e. The van der Waals surface area contributed by atoms with Gasteiger partial charge in [0.05, 0.1) is 12.6 Å². The second-order valence-electron chi connectivity index (χ2n) is 4.39. The van der Waals surface area contributed by atoms with Gasteiger partial charge in [-0.15, -0.1) is 0 Å². The Balaban J connectivity index is 2.76. The lowest BCUT2D eigenvalue weighted by Crippen LogP contribution is -2.28. The lowest BCUT2D eigenvalue weighted by molar-refractivity contribution is -0.121. The first-order valence-corrected chi connectivity index (χ1v) is 6.94. The van der Waals surface area contributed by atoms with Crippen LogP contribution >= 0.6 is 0 Å². The number of hydrogen-bond acceptors (Lipinski definition) is 3. The van der Waals surface area contributed by atoms with Crippen molar-refractivity contribution in [2.45, 2.75) is 39.2 Å². The fourth-order valence-electron chi connectivity index (χ4n) is 1.98. The monoisotopic (exact) mass is 264 g/mol. The van der Waals surface area contributed by atoms with E-state index in [0.717, 1.165) is 24.2 Å². The number of benzene rings is 1. The lowest BCUT2D eigenvalue weighted by atomic mass is 10.0. The summed E-state index contributed by atoms with van der Waals surface area (Å²) in [5.74, 6) is 0.888. The molecule has 0 saturated carbocycles. The third-order valence-electron chi connectivity index (χ3n) is 2.95. The number of nitrogens with one attached hydrogen (secondary N) is 1. The molecule has 0 saturated heterocycles. The molecule has 1 rings (SSSR count). The molecule has 1 aromatic carbocycles. The maximum absolute atomic E-state index is 11.8. The fraction of sp³-hybridized carbons (Fsp3) is 0.533. The molecule has 0 aromatic heterocycles. The Bertz CT molecular complexity index is 393. The molecular weight excluding hydrogens is 240 g/mol. The van der Waals surface area contributed by atoms with E-state index >= 15 is 0 Å². The van der Waals surface area contributed by atoms with Crippen molar-refractivity contribution in [2.24, 2.45) is 5.73 Å². The molecule has 0 heterocycles. The number of rotatable bonds is 8. The third kappa shape index (κ3) is 4.91. The van der Waals surface area contributed by atoms with E-state index in [0.29, 0.717) is 19.6 Å². The van der Waals surface area contributed by atoms with Crippen LogP contribution < -0.4 is 15.8 Å². The van der Waals surface area contributed by atoms with Gasteiger partial charge < -0.3 is 15.8 Å². The minimum atomic E-state index is -0.00646. The number of nitrogens with two attached hydrogens (primary N) is 1. The summed E-state index contributed by atoms with van der Waals surface area (Å²) < 4.78 is 5.61. The topological polar surface area (TPSA) is 64.3 Å². The molecule has 3 N–H and O–H groups in total. The molecule has 0 aliphatic rings. The molecule has 106 valence electrons. The molecule has 0 radical (unpaired) electrons. The van der Waals surface area contributed by atoms with E-state index < -0.39 is 0 Å². The summed E-state index contributed by atoms with van der Waals surface area (Å²) in [4.78, 5) is 11.8. The zero-order valence-electron chi connectivity index (χ0n) is 11.8. The quantitative estimate of drug-likeness (QED) is 0.757. The lowest BCUT2D eigenvalue weighted by Gasteiger charge is -2.20. The zero-order chi connectivity index (χ0) is 14.1. The summed E-state index contributed by atoms with van der Waals surface area (Å²) in [6.45, 7) is 5.17. The average Bonchev–Trinajstić information content (AvgIpc) is 2.43. The molecule has 1 amide bonds. The molecule has 1 atom stereocenters. The van der Waals surface area contributed by atoms with Crippen molar-refractivity contribution in [3.05, 3.63) is 29.8 Å². The fourth-order valence-corrected chi connectivity index (χ4v) is 1.98. The number of ether oxygens (including phenoxy) is 1. The first-order chi connectivity index (χ1) is 9.22. The van der Waals surface area contributed by atoms with Crippen LogP contribution in [0.5, 0.6) is 5.75 Å². The van der Waals surface area contributed by atoms with Crippen LogP contribution in [0.1, 0.15) is 44.7 Å². The summed E-state index contributed by atoms with van der Waals surface area (Å²) >= 11 is 0. The van der Waals surface area contributed by atoms with Crippen LogP contribution in [-0.2, 0) is 4.79 Å². The van der Waals surface area contributed by atoms with E-state index in [1.807, 2.05) is 31.2 Å². The van der Waals surface area contributed by atoms with Gasteiger partial charge in [-0.25, -0.2) is 0 Å². The first kappa shape index (κ1) is 15.5. The van der Waals surface area contributed by atoms with Crippen molar-refractivity contribution in [1.82, 2.24) is 5.32 Å². The van der Waals surface area contributed by atoms with Crippen molar-refractivity contribution in [3.8, 4) is 5.75 Å². The SMILES string of the molecule is CCOc1ccccc1C(CC)NC(=O)CCCN. The molecule has 0 fully saturated rings. The van der Waals surface area contributed by atoms with E-state index in [-0.39, 0.29) is 11.9 Å². The van der Waals surface area contributed by atoms with Gasteiger partial charge in [0.25, 0.3) is 0 Å². The molecule has 4 heteroatoms. The van der Waals surface area contributed by atoms with Gasteiger partial charge in [0.1, 0.15) is 5.75 Å². The highest BCUT2D eigenvalue weighted by atomic mass is 16.5. The van der Waals surface area contributed by atoms with Gasteiger partial charge >= 0.3 is 0 Å². The highest BCUT2D eigenvalue weighted by Gasteiger charge is 2.16. The molecular formula is C15H24N2O2. The first-order valence-electron chi connectivity index (χ1n) is 6.94. The van der Waals surface area contributed by atoms with Crippen molar-refractivity contribution in [2.75, 3.05) is 13.2 Å². The average molecular weight is 264 g/mol. The van der Waals surface area contributed by atoms with Crippen molar-refractivity contribution >= 4 is 5.91 Å². The summed E-state index contributed by atoms with van der Waals surface area (Å²) in [5, 5.41) is 3.04. The predicted molar refractivity (Wildman–Crippen MR) is 77.1 cm³/mol. The number of amides is 1. The summed E-state index contributed by atoms with van der Waals surface area (Å²) in [7, 11) is 0. The molecule has 0 bridgehead atoms. The highest BCUT2D eigenvalue weighted by Crippen LogP contribution is 2.27. The standard InChI is InChI=1S/C15H24N2O2/c1-3-13(17-15(18)10-7-11-16)12-8-5-6-9-14(12)19-4-2/h5-6,8-9,13H,3-4,7,10-11,16H2,1-2H3,(H,17,18). The molecule has 1 unspecified atom stereocenters. The molecule has 0 aliphatic carbocycles. The Morgan fingerprint density at radius 3 is 2.74 bits per heavy atom. The zero-order valence-corrected chi connectivity index (χ0v) is 11.8. The normalized spacial score (nSPS) is 11.9. The Kier molecular flexibility index (Phi) is 6.97. The Morgan fingerprint density at radius 1 is 1.37 bits per heavy atom. The second kappa shape index (κ2) is 8.53. The van der Waals surface area contributed by atoms with Gasteiger partial charge in [0.15, 0.2) is 0 Å². The summed E-state index contributed by atoms with van der Waals surface area (Å²) in [6, 6.07) is 7.84. The van der Waals surface area contributed by atoms with Crippen molar-refractivity contribution < 1.29 is 9.53 Å². The van der Waals surface area contributed by atoms with Crippen LogP contribution in [0.25, 0.3) is 0 Å². The Labute approximate surface area is 115 Å². The van der Waals surface area contributed by atoms with E-state index in [9.17, 15) is 4.79 Å². The molecule has 19 heavy (non-hydrogen) atoms. The highest BCUT2D eigenvalue weighted by molar-refractivity contribution is 5.76. The van der Waals surface area contributed by atoms with Gasteiger partial charge in [0.2, 0.25) is 5.91 Å². The van der Waals surface area contributed by atoms with Crippen LogP contribution in [0, 0.1) is 0 Å². The number of hydrogen-bond donors (Lipinski definition) is 2. The Hall–Kier alpha value is -1.55. The maximum atomic E-state index is 11.8. The molecule has 4 nitrogen and oxygen atoms in total. The molecule has 1 aromatic rings. The minimum absolute atomic E-state index is 0.00646. The van der Waals surface area contributed by atoms with Crippen LogP contribution in [-0.4, -0.2) is 19.1 Å². The van der Waals surface area contributed by atoms with Crippen LogP contribution in [0.15, 0.2) is 24.3 Å². The maximum Gasteiger partial charge on any atom is 0.220 e. The molecule has 0 aliphatic heterocycles. The number of para-hydroxylation sites is 1. The van der Waals surface area contributed by atoms with Crippen LogP contribution in [0.3, 0.4) is 0 Å². The molecule has 0 spiro atoms. The van der Waals surface area contributed by atoms with E-state index in [4.69, 9.17) is 10.5 Å². The second-order valence-corrected chi connectivity index (χ2v) is 4.39. The predicted octanol–water partition coefficient (Wildman–Crippen LogP) is 2.39. The number of carbonyl (C=O) groups is 1. The number of carbonyl (C=O) groups excluding carboxylic acids is 1. The summed E-state index contributed by atoms with van der Waals surface area (Å²) in [6.07, 6.45) is 2.03. The van der Waals surface area contributed by atoms with Gasteiger partial charge in [-0.1, -0.05) is 25.1 Å². The smallest absolute Gasteiger partial charge is 0.220 e. The van der Waals surface area contributed by atoms with Gasteiger partial charge in [-0.2, -0.15) is 0 Å². The summed E-state index contributed by atoms with van der Waals surface area (Å²) in [5.41, 5.74) is 6.45. The van der Waals surface area contributed by atoms with Crippen molar-refractivity contribution in [1.29, 1.82) is 0 Å². The Morgan fingerprint density at radius 2 is 2.11 bits per heavy atom. The van der Waals surface area contributed by atoms with Gasteiger partial charge in [0, 0.05) is 12.0 Å². The van der Waals surface area contributed by atoms with E-state index in [1.165, 1.54) is 0 Å². The van der Waals surface area contributed by atoms with E-state index in [1.54, 1.807) is 0 Å². The van der Waals surface area contributed by atoms with E-state index in [2.05, 4.69) is 12.2 Å². The third-order valence-corrected chi connectivity index (χ3v) is 2.95. The van der Waals surface area contributed by atoms with Crippen LogP contribution in [0.2, 0.25) is 0 Å². The largest absolute Gasteiger partial charge is 0.494 e. The van der Waals surface area contributed by atoms with Gasteiger partial charge in [-0.3, -0.25) is 4.79 Å². The van der Waals surface area contributed by atoms with Gasteiger partial charge in [-0.05, 0) is 32.4 Å². The van der Waals surface area contributed by atoms with Crippen molar-refractivity contribution in [3.63, 3.8) is 0 Å².